The van der Waals surface area contributed by atoms with Crippen LogP contribution in [0.3, 0.4) is 0 Å². The second-order valence-electron chi connectivity index (χ2n) is 6.31. The van der Waals surface area contributed by atoms with E-state index in [4.69, 9.17) is 18.9 Å². The summed E-state index contributed by atoms with van der Waals surface area (Å²) in [5, 5.41) is 6.08. The maximum Gasteiger partial charge on any atom is 0.240 e. The summed E-state index contributed by atoms with van der Waals surface area (Å²) < 4.78 is 21.4. The van der Waals surface area contributed by atoms with E-state index in [1.807, 2.05) is 36.4 Å². The van der Waals surface area contributed by atoms with Gasteiger partial charge in [0.1, 0.15) is 0 Å². The SMILES string of the molecule is COc1ccc(C2=NN(C(C)=O)[C@H](c3ccc(OC)c(OC)c3)C2)cc1OC. The van der Waals surface area contributed by atoms with Crippen LogP contribution >= 0.6 is 0 Å². The summed E-state index contributed by atoms with van der Waals surface area (Å²) in [4.78, 5) is 12.2. The first kappa shape index (κ1) is 19.5. The summed E-state index contributed by atoms with van der Waals surface area (Å²) in [5.74, 6) is 2.38. The molecule has 0 saturated carbocycles. The highest BCUT2D eigenvalue weighted by atomic mass is 16.5. The van der Waals surface area contributed by atoms with Gasteiger partial charge in [-0.05, 0) is 35.9 Å². The van der Waals surface area contributed by atoms with Crippen molar-refractivity contribution in [3.63, 3.8) is 0 Å². The third-order valence-corrected chi connectivity index (χ3v) is 4.74. The van der Waals surface area contributed by atoms with Gasteiger partial charge in [-0.2, -0.15) is 5.10 Å². The van der Waals surface area contributed by atoms with Crippen molar-refractivity contribution in [1.29, 1.82) is 0 Å². The maximum absolute atomic E-state index is 12.2. The van der Waals surface area contributed by atoms with Crippen molar-refractivity contribution in [1.82, 2.24) is 5.01 Å². The van der Waals surface area contributed by atoms with Gasteiger partial charge in [0.05, 0.1) is 40.2 Å². The van der Waals surface area contributed by atoms with Gasteiger partial charge in [-0.15, -0.1) is 0 Å². The van der Waals surface area contributed by atoms with Crippen LogP contribution in [0.15, 0.2) is 41.5 Å². The molecule has 0 radical (unpaired) electrons. The van der Waals surface area contributed by atoms with Gasteiger partial charge in [0, 0.05) is 18.9 Å². The zero-order valence-electron chi connectivity index (χ0n) is 16.7. The molecule has 0 aliphatic carbocycles. The number of rotatable bonds is 6. The third-order valence-electron chi connectivity index (χ3n) is 4.74. The Balaban J connectivity index is 1.96. The Kier molecular flexibility index (Phi) is 5.73. The highest BCUT2D eigenvalue weighted by molar-refractivity contribution is 6.03. The molecule has 2 aromatic rings. The van der Waals surface area contributed by atoms with Gasteiger partial charge >= 0.3 is 0 Å². The number of carbonyl (C=O) groups is 1. The molecule has 7 nitrogen and oxygen atoms in total. The monoisotopic (exact) mass is 384 g/mol. The van der Waals surface area contributed by atoms with E-state index < -0.39 is 0 Å². The van der Waals surface area contributed by atoms with E-state index in [9.17, 15) is 4.79 Å². The van der Waals surface area contributed by atoms with Crippen LogP contribution in [0, 0.1) is 0 Å². The summed E-state index contributed by atoms with van der Waals surface area (Å²) in [5.41, 5.74) is 2.61. The van der Waals surface area contributed by atoms with Crippen molar-refractivity contribution in [2.75, 3.05) is 28.4 Å². The van der Waals surface area contributed by atoms with Crippen molar-refractivity contribution in [3.05, 3.63) is 47.5 Å². The zero-order valence-corrected chi connectivity index (χ0v) is 16.7. The van der Waals surface area contributed by atoms with Crippen molar-refractivity contribution in [2.24, 2.45) is 5.10 Å². The second kappa shape index (κ2) is 8.21. The minimum atomic E-state index is -0.222. The quantitative estimate of drug-likeness (QED) is 0.763. The molecule has 1 atom stereocenters. The molecule has 0 spiro atoms. The van der Waals surface area contributed by atoms with Crippen molar-refractivity contribution in [3.8, 4) is 23.0 Å². The van der Waals surface area contributed by atoms with Crippen molar-refractivity contribution in [2.45, 2.75) is 19.4 Å². The van der Waals surface area contributed by atoms with Crippen molar-refractivity contribution >= 4 is 11.6 Å². The molecule has 1 amide bonds. The predicted octanol–water partition coefficient (Wildman–Crippen LogP) is 3.42. The average Bonchev–Trinajstić information content (AvgIpc) is 3.18. The minimum Gasteiger partial charge on any atom is -0.493 e. The molecule has 0 aromatic heterocycles. The molecule has 1 aliphatic rings. The lowest BCUT2D eigenvalue weighted by molar-refractivity contribution is -0.130. The molecule has 2 aromatic carbocycles. The highest BCUT2D eigenvalue weighted by Crippen LogP contribution is 2.38. The fourth-order valence-electron chi connectivity index (χ4n) is 3.31. The fourth-order valence-corrected chi connectivity index (χ4v) is 3.31. The number of nitrogens with zero attached hydrogens (tertiary/aromatic N) is 2. The summed E-state index contributed by atoms with van der Waals surface area (Å²) >= 11 is 0. The first-order valence-electron chi connectivity index (χ1n) is 8.84. The molecule has 0 N–H and O–H groups in total. The Morgan fingerprint density at radius 3 is 2.04 bits per heavy atom. The van der Waals surface area contributed by atoms with Crippen LogP contribution in [-0.2, 0) is 4.79 Å². The van der Waals surface area contributed by atoms with Crippen LogP contribution < -0.4 is 18.9 Å². The molecule has 0 bridgehead atoms. The largest absolute Gasteiger partial charge is 0.493 e. The lowest BCUT2D eigenvalue weighted by atomic mass is 9.97. The number of benzene rings is 2. The van der Waals surface area contributed by atoms with E-state index in [1.165, 1.54) is 11.9 Å². The van der Waals surface area contributed by atoms with Gasteiger partial charge in [-0.3, -0.25) is 4.79 Å². The van der Waals surface area contributed by atoms with Crippen LogP contribution in [-0.4, -0.2) is 45.1 Å². The first-order chi connectivity index (χ1) is 13.5. The van der Waals surface area contributed by atoms with Crippen LogP contribution in [0.5, 0.6) is 23.0 Å². The first-order valence-corrected chi connectivity index (χ1v) is 8.84. The molecule has 1 heterocycles. The van der Waals surface area contributed by atoms with Gasteiger partial charge in [-0.1, -0.05) is 6.07 Å². The third kappa shape index (κ3) is 3.60. The van der Waals surface area contributed by atoms with Crippen molar-refractivity contribution < 1.29 is 23.7 Å². The smallest absolute Gasteiger partial charge is 0.240 e. The summed E-state index contributed by atoms with van der Waals surface area (Å²) in [7, 11) is 6.36. The molecule has 0 unspecified atom stereocenters. The minimum absolute atomic E-state index is 0.129. The number of ether oxygens (including phenoxy) is 4. The number of carbonyl (C=O) groups excluding carboxylic acids is 1. The van der Waals surface area contributed by atoms with Gasteiger partial charge in [0.15, 0.2) is 23.0 Å². The number of methoxy groups -OCH3 is 4. The van der Waals surface area contributed by atoms with E-state index in [-0.39, 0.29) is 11.9 Å². The van der Waals surface area contributed by atoms with Gasteiger partial charge in [0.25, 0.3) is 0 Å². The van der Waals surface area contributed by atoms with Crippen LogP contribution in [0.4, 0.5) is 0 Å². The van der Waals surface area contributed by atoms with E-state index in [0.717, 1.165) is 16.8 Å². The molecule has 1 aliphatic heterocycles. The zero-order chi connectivity index (χ0) is 20.3. The summed E-state index contributed by atoms with van der Waals surface area (Å²) in [6.07, 6.45) is 0.574. The number of amides is 1. The Hall–Kier alpha value is -3.22. The van der Waals surface area contributed by atoms with Gasteiger partial charge in [0.2, 0.25) is 5.91 Å². The lowest BCUT2D eigenvalue weighted by Crippen LogP contribution is -2.24. The van der Waals surface area contributed by atoms with Crippen LogP contribution in [0.1, 0.15) is 30.5 Å². The van der Waals surface area contributed by atoms with E-state index in [1.54, 1.807) is 28.4 Å². The number of hydrazone groups is 1. The normalized spacial score (nSPS) is 15.8. The highest BCUT2D eigenvalue weighted by Gasteiger charge is 2.32. The maximum atomic E-state index is 12.2. The molecular formula is C21H24N2O5. The standard InChI is InChI=1S/C21H24N2O5/c1-13(24)23-17(15-7-9-19(26-3)21(11-15)28-5)12-16(22-23)14-6-8-18(25-2)20(10-14)27-4/h6-11,17H,12H2,1-5H3/t17-/m0/s1. The topological polar surface area (TPSA) is 69.6 Å². The lowest BCUT2D eigenvalue weighted by Gasteiger charge is -2.21. The molecule has 0 fully saturated rings. The fraction of sp³-hybridized carbons (Fsp3) is 0.333. The average molecular weight is 384 g/mol. The van der Waals surface area contributed by atoms with E-state index in [0.29, 0.717) is 29.4 Å². The molecule has 3 rings (SSSR count). The molecular weight excluding hydrogens is 360 g/mol. The Morgan fingerprint density at radius 2 is 1.46 bits per heavy atom. The Labute approximate surface area is 164 Å². The van der Waals surface area contributed by atoms with Crippen LogP contribution in [0.25, 0.3) is 0 Å². The van der Waals surface area contributed by atoms with Crippen LogP contribution in [0.2, 0.25) is 0 Å². The predicted molar refractivity (Wildman–Crippen MR) is 106 cm³/mol. The Morgan fingerprint density at radius 1 is 0.893 bits per heavy atom. The van der Waals surface area contributed by atoms with Gasteiger partial charge in [-0.25, -0.2) is 5.01 Å². The summed E-state index contributed by atoms with van der Waals surface area (Å²) in [6.45, 7) is 1.51. The molecule has 148 valence electrons. The molecule has 0 saturated heterocycles. The van der Waals surface area contributed by atoms with E-state index >= 15 is 0 Å². The van der Waals surface area contributed by atoms with E-state index in [2.05, 4.69) is 5.10 Å². The second-order valence-corrected chi connectivity index (χ2v) is 6.31. The number of hydrogen-bond acceptors (Lipinski definition) is 6. The molecule has 7 heteroatoms. The molecule has 28 heavy (non-hydrogen) atoms. The Bertz CT molecular complexity index is 910. The number of hydrogen-bond donors (Lipinski definition) is 0. The van der Waals surface area contributed by atoms with Gasteiger partial charge < -0.3 is 18.9 Å². The summed E-state index contributed by atoms with van der Waals surface area (Å²) in [6, 6.07) is 11.0.